The Morgan fingerprint density at radius 1 is 1.30 bits per heavy atom. The molecule has 3 rings (SSSR count). The Labute approximate surface area is 116 Å². The first-order valence-corrected chi connectivity index (χ1v) is 6.68. The second-order valence-electron chi connectivity index (χ2n) is 4.85. The Kier molecular flexibility index (Phi) is 3.45. The fourth-order valence-corrected chi connectivity index (χ4v) is 2.32. The average Bonchev–Trinajstić information content (AvgIpc) is 2.91. The number of rotatable bonds is 3. The highest BCUT2D eigenvalue weighted by Gasteiger charge is 2.26. The summed E-state index contributed by atoms with van der Waals surface area (Å²) >= 11 is 0. The summed E-state index contributed by atoms with van der Waals surface area (Å²) in [4.78, 5) is 22.9. The molecule has 1 aromatic rings. The van der Waals surface area contributed by atoms with E-state index in [1.54, 1.807) is 0 Å². The molecule has 2 amide bonds. The van der Waals surface area contributed by atoms with E-state index >= 15 is 0 Å². The van der Waals surface area contributed by atoms with Crippen LogP contribution in [0.5, 0.6) is 11.5 Å². The van der Waals surface area contributed by atoms with Crippen LogP contribution in [0.3, 0.4) is 0 Å². The number of carbonyl (C=O) groups excluding carboxylic acids is 2. The fourth-order valence-electron chi connectivity index (χ4n) is 2.32. The number of fused-ring (bicyclic) bond motifs is 1. The fraction of sp³-hybridized carbons (Fsp3) is 0.429. The Morgan fingerprint density at radius 3 is 2.85 bits per heavy atom. The van der Waals surface area contributed by atoms with Gasteiger partial charge in [-0.25, -0.2) is 0 Å². The number of carbonyl (C=O) groups is 2. The summed E-state index contributed by atoms with van der Waals surface area (Å²) in [6, 6.07) is 5.19. The van der Waals surface area contributed by atoms with Crippen LogP contribution in [0.4, 0.5) is 0 Å². The molecular formula is C14H16N2O4. The van der Waals surface area contributed by atoms with Crippen LogP contribution in [-0.2, 0) is 16.1 Å². The second kappa shape index (κ2) is 5.40. The topological polar surface area (TPSA) is 76.7 Å². The summed E-state index contributed by atoms with van der Waals surface area (Å²) in [5.74, 6) is 1.22. The quantitative estimate of drug-likeness (QED) is 0.835. The summed E-state index contributed by atoms with van der Waals surface area (Å²) in [6.45, 7) is 1.50. The minimum atomic E-state index is -0.403. The summed E-state index contributed by atoms with van der Waals surface area (Å²) in [5.41, 5.74) is 0.937. The standard InChI is InChI=1S/C14H16N2O4/c17-13-4-2-10(16-13)14(18)15-8-9-1-3-11-12(7-9)20-6-5-19-11/h1,3,7,10H,2,4-6,8H2,(H,15,18)(H,16,17). The molecule has 6 heteroatoms. The molecule has 6 nitrogen and oxygen atoms in total. The molecule has 1 unspecified atom stereocenters. The van der Waals surface area contributed by atoms with Gasteiger partial charge in [0.25, 0.3) is 0 Å². The van der Waals surface area contributed by atoms with Gasteiger partial charge in [-0.15, -0.1) is 0 Å². The largest absolute Gasteiger partial charge is 0.486 e. The number of hydrogen-bond donors (Lipinski definition) is 2. The van der Waals surface area contributed by atoms with Crippen LogP contribution in [0, 0.1) is 0 Å². The van der Waals surface area contributed by atoms with Gasteiger partial charge in [-0.2, -0.15) is 0 Å². The predicted octanol–water partition coefficient (Wildman–Crippen LogP) is 0.353. The van der Waals surface area contributed by atoms with Crippen molar-refractivity contribution in [2.24, 2.45) is 0 Å². The van der Waals surface area contributed by atoms with Crippen molar-refractivity contribution in [2.45, 2.75) is 25.4 Å². The summed E-state index contributed by atoms with van der Waals surface area (Å²) in [5, 5.41) is 5.46. The maximum Gasteiger partial charge on any atom is 0.242 e. The minimum absolute atomic E-state index is 0.0653. The molecule has 1 aromatic carbocycles. The summed E-state index contributed by atoms with van der Waals surface area (Å²) < 4.78 is 10.9. The van der Waals surface area contributed by atoms with Crippen LogP contribution in [0.25, 0.3) is 0 Å². The van der Waals surface area contributed by atoms with E-state index in [0.717, 1.165) is 11.3 Å². The van der Waals surface area contributed by atoms with Crippen molar-refractivity contribution >= 4 is 11.8 Å². The van der Waals surface area contributed by atoms with Crippen LogP contribution in [0.15, 0.2) is 18.2 Å². The van der Waals surface area contributed by atoms with Gasteiger partial charge < -0.3 is 20.1 Å². The molecule has 0 saturated carbocycles. The first-order valence-electron chi connectivity index (χ1n) is 6.68. The zero-order chi connectivity index (χ0) is 13.9. The van der Waals surface area contributed by atoms with Crippen molar-refractivity contribution in [2.75, 3.05) is 13.2 Å². The van der Waals surface area contributed by atoms with Crippen molar-refractivity contribution in [1.29, 1.82) is 0 Å². The first kappa shape index (κ1) is 12.8. The van der Waals surface area contributed by atoms with E-state index in [4.69, 9.17) is 9.47 Å². The van der Waals surface area contributed by atoms with Gasteiger partial charge in [0.2, 0.25) is 11.8 Å². The third kappa shape index (κ3) is 2.68. The molecule has 0 aromatic heterocycles. The molecule has 0 aliphatic carbocycles. The lowest BCUT2D eigenvalue weighted by atomic mass is 10.1. The van der Waals surface area contributed by atoms with Crippen LogP contribution in [0.2, 0.25) is 0 Å². The Bertz CT molecular complexity index is 544. The number of nitrogens with one attached hydrogen (secondary N) is 2. The van der Waals surface area contributed by atoms with Crippen molar-refractivity contribution in [3.05, 3.63) is 23.8 Å². The molecule has 2 N–H and O–H groups in total. The van der Waals surface area contributed by atoms with Crippen molar-refractivity contribution in [1.82, 2.24) is 10.6 Å². The summed E-state index contributed by atoms with van der Waals surface area (Å²) in [6.07, 6.45) is 0.980. The van der Waals surface area contributed by atoms with E-state index in [-0.39, 0.29) is 11.8 Å². The average molecular weight is 276 g/mol. The molecule has 2 aliphatic rings. The Balaban J connectivity index is 1.58. The van der Waals surface area contributed by atoms with Gasteiger partial charge in [-0.1, -0.05) is 6.07 Å². The number of amides is 2. The van der Waals surface area contributed by atoms with E-state index in [9.17, 15) is 9.59 Å². The van der Waals surface area contributed by atoms with Gasteiger partial charge in [0.1, 0.15) is 19.3 Å². The zero-order valence-electron chi connectivity index (χ0n) is 11.0. The minimum Gasteiger partial charge on any atom is -0.486 e. The predicted molar refractivity (Wildman–Crippen MR) is 70.4 cm³/mol. The maximum atomic E-state index is 11.9. The normalized spacial score (nSPS) is 20.4. The lowest BCUT2D eigenvalue weighted by Gasteiger charge is -2.19. The molecule has 0 spiro atoms. The maximum absolute atomic E-state index is 11.9. The second-order valence-corrected chi connectivity index (χ2v) is 4.85. The molecule has 0 bridgehead atoms. The molecule has 2 aliphatic heterocycles. The van der Waals surface area contributed by atoms with E-state index in [0.29, 0.717) is 38.3 Å². The van der Waals surface area contributed by atoms with Crippen LogP contribution in [-0.4, -0.2) is 31.1 Å². The SMILES string of the molecule is O=C1CCC(C(=O)NCc2ccc3c(c2)OCCO3)N1. The number of ether oxygens (including phenoxy) is 2. The molecule has 1 fully saturated rings. The van der Waals surface area contributed by atoms with E-state index in [1.165, 1.54) is 0 Å². The molecule has 20 heavy (non-hydrogen) atoms. The third-order valence-electron chi connectivity index (χ3n) is 3.39. The summed E-state index contributed by atoms with van der Waals surface area (Å²) in [7, 11) is 0. The van der Waals surface area contributed by atoms with Gasteiger partial charge in [-0.3, -0.25) is 9.59 Å². The van der Waals surface area contributed by atoms with Crippen molar-refractivity contribution < 1.29 is 19.1 Å². The van der Waals surface area contributed by atoms with Crippen molar-refractivity contribution in [3.8, 4) is 11.5 Å². The highest BCUT2D eigenvalue weighted by atomic mass is 16.6. The highest BCUT2D eigenvalue weighted by molar-refractivity contribution is 5.90. The third-order valence-corrected chi connectivity index (χ3v) is 3.39. The van der Waals surface area contributed by atoms with E-state index in [2.05, 4.69) is 10.6 Å². The molecular weight excluding hydrogens is 260 g/mol. The molecule has 1 saturated heterocycles. The monoisotopic (exact) mass is 276 g/mol. The first-order chi connectivity index (χ1) is 9.72. The van der Waals surface area contributed by atoms with E-state index in [1.807, 2.05) is 18.2 Å². The molecule has 0 radical (unpaired) electrons. The smallest absolute Gasteiger partial charge is 0.242 e. The van der Waals surface area contributed by atoms with Crippen LogP contribution < -0.4 is 20.1 Å². The van der Waals surface area contributed by atoms with Gasteiger partial charge in [0, 0.05) is 13.0 Å². The molecule has 2 heterocycles. The zero-order valence-corrected chi connectivity index (χ0v) is 11.0. The molecule has 1 atom stereocenters. The van der Waals surface area contributed by atoms with Gasteiger partial charge >= 0.3 is 0 Å². The number of benzene rings is 1. The van der Waals surface area contributed by atoms with E-state index < -0.39 is 6.04 Å². The van der Waals surface area contributed by atoms with Gasteiger partial charge in [0.05, 0.1) is 0 Å². The van der Waals surface area contributed by atoms with Crippen molar-refractivity contribution in [3.63, 3.8) is 0 Å². The van der Waals surface area contributed by atoms with Gasteiger partial charge in [-0.05, 0) is 24.1 Å². The Morgan fingerprint density at radius 2 is 2.10 bits per heavy atom. The van der Waals surface area contributed by atoms with Gasteiger partial charge in [0.15, 0.2) is 11.5 Å². The number of hydrogen-bond acceptors (Lipinski definition) is 4. The Hall–Kier alpha value is -2.24. The highest BCUT2D eigenvalue weighted by Crippen LogP contribution is 2.30. The van der Waals surface area contributed by atoms with Crippen LogP contribution in [0.1, 0.15) is 18.4 Å². The molecule has 106 valence electrons. The lowest BCUT2D eigenvalue weighted by Crippen LogP contribution is -2.41. The lowest BCUT2D eigenvalue weighted by molar-refractivity contribution is -0.125. The van der Waals surface area contributed by atoms with Crippen LogP contribution >= 0.6 is 0 Å².